The van der Waals surface area contributed by atoms with Gasteiger partial charge in [-0.1, -0.05) is 119 Å². The first-order chi connectivity index (χ1) is 14.2. The van der Waals surface area contributed by atoms with Crippen LogP contribution in [-0.4, -0.2) is 16.1 Å². The van der Waals surface area contributed by atoms with E-state index in [1.807, 2.05) is 0 Å². The van der Waals surface area contributed by atoms with Gasteiger partial charge in [-0.3, -0.25) is 0 Å². The number of fused-ring (bicyclic) bond motifs is 1. The topological polar surface area (TPSA) is 0 Å². The summed E-state index contributed by atoms with van der Waals surface area (Å²) in [5.74, 6) is 0. The van der Waals surface area contributed by atoms with Crippen LogP contribution in [0.1, 0.15) is 38.8 Å². The lowest BCUT2D eigenvalue weighted by Gasteiger charge is -2.47. The van der Waals surface area contributed by atoms with Crippen LogP contribution >= 0.6 is 11.3 Å². The predicted molar refractivity (Wildman–Crippen MR) is 137 cm³/mol. The molecule has 0 unspecified atom stereocenters. The smallest absolute Gasteiger partial charge is 0.130 e. The van der Waals surface area contributed by atoms with Crippen molar-refractivity contribution in [1.82, 2.24) is 0 Å². The summed E-state index contributed by atoms with van der Waals surface area (Å²) in [4.78, 5) is 0. The Morgan fingerprint density at radius 1 is 0.586 bits per heavy atom. The number of benzene rings is 2. The summed E-state index contributed by atoms with van der Waals surface area (Å²) < 4.78 is 1.80. The Hall–Kier alpha value is -1.69. The zero-order chi connectivity index (χ0) is 20.5. The molecule has 0 N–H and O–H groups in total. The third-order valence-electron chi connectivity index (χ3n) is 7.36. The van der Waals surface area contributed by atoms with Gasteiger partial charge in [-0.15, -0.1) is 0 Å². The Labute approximate surface area is 182 Å². The second-order valence-electron chi connectivity index (χ2n) is 8.22. The van der Waals surface area contributed by atoms with E-state index >= 15 is 0 Å². The molecule has 2 aromatic carbocycles. The number of hydrogen-bond donors (Lipinski definition) is 0. The molecule has 0 spiro atoms. The van der Waals surface area contributed by atoms with Crippen molar-refractivity contribution < 1.29 is 0 Å². The Bertz CT molecular complexity index is 913. The number of rotatable bonds is 6. The van der Waals surface area contributed by atoms with Crippen molar-refractivity contribution in [3.8, 4) is 0 Å². The molecule has 2 heterocycles. The van der Waals surface area contributed by atoms with E-state index in [9.17, 15) is 0 Å². The normalized spacial score (nSPS) is 17.2. The molecule has 3 heteroatoms. The molecular formula is C26H32SSi2. The molecule has 1 aliphatic rings. The van der Waals surface area contributed by atoms with Crippen LogP contribution in [0, 0.1) is 0 Å². The van der Waals surface area contributed by atoms with Gasteiger partial charge in [0, 0.05) is 0 Å². The van der Waals surface area contributed by atoms with Crippen LogP contribution in [0.2, 0.25) is 24.2 Å². The van der Waals surface area contributed by atoms with Crippen molar-refractivity contribution in [3.05, 3.63) is 83.2 Å². The zero-order valence-corrected chi connectivity index (χ0v) is 21.0. The molecule has 0 radical (unpaired) electrons. The van der Waals surface area contributed by atoms with Gasteiger partial charge in [0.2, 0.25) is 0 Å². The fraction of sp³-hybridized carbons (Fsp3) is 0.308. The average molecular weight is 433 g/mol. The molecule has 0 saturated carbocycles. The van der Waals surface area contributed by atoms with Gasteiger partial charge in [0.25, 0.3) is 0 Å². The van der Waals surface area contributed by atoms with Crippen molar-refractivity contribution in [1.29, 1.82) is 0 Å². The lowest BCUT2D eigenvalue weighted by Crippen LogP contribution is -2.66. The quantitative estimate of drug-likeness (QED) is 0.374. The van der Waals surface area contributed by atoms with E-state index in [1.54, 1.807) is 20.1 Å². The second-order valence-corrected chi connectivity index (χ2v) is 18.7. The summed E-state index contributed by atoms with van der Waals surface area (Å²) in [6, 6.07) is 30.5. The molecule has 0 saturated heterocycles. The number of thiophene rings is 1. The van der Waals surface area contributed by atoms with E-state index in [1.165, 1.54) is 35.3 Å². The molecule has 0 aliphatic carbocycles. The zero-order valence-electron chi connectivity index (χ0n) is 18.2. The first-order valence-corrected chi connectivity index (χ1v) is 16.8. The minimum absolute atomic E-state index is 1.28. The lowest BCUT2D eigenvalue weighted by molar-refractivity contribution is 1.27. The molecule has 1 aliphatic heterocycles. The van der Waals surface area contributed by atoms with Crippen molar-refractivity contribution in [2.45, 2.75) is 51.9 Å². The highest BCUT2D eigenvalue weighted by molar-refractivity contribution is 7.36. The van der Waals surface area contributed by atoms with Crippen LogP contribution in [-0.2, 0) is 0 Å². The summed E-state index contributed by atoms with van der Waals surface area (Å²) in [6.45, 7) is 9.82. The molecule has 1 aromatic heterocycles. The summed E-state index contributed by atoms with van der Waals surface area (Å²) in [5, 5.41) is 7.71. The molecule has 3 aromatic rings. The maximum absolute atomic E-state index is 2.52. The maximum atomic E-state index is 2.52. The predicted octanol–water partition coefficient (Wildman–Crippen LogP) is 6.84. The number of hydrogen-bond acceptors (Lipinski definition) is 1. The Morgan fingerprint density at radius 2 is 1.03 bits per heavy atom. The van der Waals surface area contributed by atoms with E-state index in [-0.39, 0.29) is 0 Å². The molecule has 0 fully saturated rings. The third kappa shape index (κ3) is 2.97. The highest BCUT2D eigenvalue weighted by atomic mass is 32.1. The van der Waals surface area contributed by atoms with E-state index in [4.69, 9.17) is 0 Å². The summed E-state index contributed by atoms with van der Waals surface area (Å²) >= 11 is 2.07. The van der Waals surface area contributed by atoms with Gasteiger partial charge in [0.15, 0.2) is 0 Å². The Kier molecular flexibility index (Phi) is 5.83. The van der Waals surface area contributed by atoms with Crippen LogP contribution in [0.15, 0.2) is 72.1 Å². The van der Waals surface area contributed by atoms with Gasteiger partial charge in [-0.05, 0) is 36.6 Å². The van der Waals surface area contributed by atoms with E-state index in [2.05, 4.69) is 111 Å². The van der Waals surface area contributed by atoms with E-state index < -0.39 is 16.1 Å². The maximum Gasteiger partial charge on any atom is 0.130 e. The Morgan fingerprint density at radius 3 is 1.48 bits per heavy atom. The van der Waals surface area contributed by atoms with Gasteiger partial charge in [-0.25, -0.2) is 0 Å². The third-order valence-corrected chi connectivity index (χ3v) is 20.7. The van der Waals surface area contributed by atoms with Gasteiger partial charge in [-0.2, -0.15) is 11.3 Å². The molecule has 0 atom stereocenters. The average Bonchev–Trinajstić information content (AvgIpc) is 3.30. The SMILES string of the molecule is CC[Si]1(CC)C(c2ccccc2)=C(c2ccccc2)[Si](CC)(CC)c2sccc21. The van der Waals surface area contributed by atoms with Gasteiger partial charge < -0.3 is 0 Å². The summed E-state index contributed by atoms with van der Waals surface area (Å²) in [6.07, 6.45) is 0. The fourth-order valence-electron chi connectivity index (χ4n) is 5.74. The van der Waals surface area contributed by atoms with Crippen LogP contribution in [0.4, 0.5) is 0 Å². The van der Waals surface area contributed by atoms with Crippen molar-refractivity contribution in [3.63, 3.8) is 0 Å². The van der Waals surface area contributed by atoms with Crippen LogP contribution in [0.25, 0.3) is 10.4 Å². The standard InChI is InChI=1S/C26H32SSi2/c1-5-28(6-2)23-19-20-27-26(23)29(7-3,8-4)25(22-17-13-10-14-18-22)24(28)21-15-11-9-12-16-21/h9-20H,5-8H2,1-4H3. The second kappa shape index (κ2) is 8.21. The van der Waals surface area contributed by atoms with Gasteiger partial charge in [0.1, 0.15) is 16.1 Å². The summed E-state index contributed by atoms with van der Waals surface area (Å²) in [7, 11) is -3.62. The summed E-state index contributed by atoms with van der Waals surface area (Å²) in [5.41, 5.74) is 2.97. The minimum atomic E-state index is -1.81. The lowest BCUT2D eigenvalue weighted by atomic mass is 10.1. The highest BCUT2D eigenvalue weighted by Gasteiger charge is 2.52. The van der Waals surface area contributed by atoms with Crippen molar-refractivity contribution in [2.24, 2.45) is 0 Å². The molecule has 0 amide bonds. The van der Waals surface area contributed by atoms with Crippen LogP contribution < -0.4 is 9.69 Å². The molecule has 29 heavy (non-hydrogen) atoms. The molecule has 0 bridgehead atoms. The van der Waals surface area contributed by atoms with Crippen molar-refractivity contribution >= 4 is 47.6 Å². The van der Waals surface area contributed by atoms with Gasteiger partial charge >= 0.3 is 0 Å². The fourth-order valence-corrected chi connectivity index (χ4v) is 20.7. The first-order valence-electron chi connectivity index (χ1n) is 11.1. The highest BCUT2D eigenvalue weighted by Crippen LogP contribution is 2.47. The molecular weight excluding hydrogens is 401 g/mol. The van der Waals surface area contributed by atoms with Crippen LogP contribution in [0.5, 0.6) is 0 Å². The van der Waals surface area contributed by atoms with Gasteiger partial charge in [0.05, 0.1) is 0 Å². The largest absolute Gasteiger partial charge is 0.153 e. The molecule has 0 nitrogen and oxygen atoms in total. The monoisotopic (exact) mass is 432 g/mol. The van der Waals surface area contributed by atoms with E-state index in [0.717, 1.165) is 0 Å². The molecule has 150 valence electrons. The molecule has 4 rings (SSSR count). The van der Waals surface area contributed by atoms with Crippen LogP contribution in [0.3, 0.4) is 0 Å². The van der Waals surface area contributed by atoms with E-state index in [0.29, 0.717) is 0 Å². The Balaban J connectivity index is 2.21. The first kappa shape index (κ1) is 20.6. The van der Waals surface area contributed by atoms with Crippen molar-refractivity contribution in [2.75, 3.05) is 0 Å². The minimum Gasteiger partial charge on any atom is -0.153 e.